The number of aromatic nitrogens is 1. The van der Waals surface area contributed by atoms with E-state index < -0.39 is 5.91 Å². The normalized spacial score (nSPS) is 12.4. The molecular weight excluding hydrogens is 442 g/mol. The summed E-state index contributed by atoms with van der Waals surface area (Å²) in [5.74, 6) is -0.561. The number of benzene rings is 3. The first-order valence-corrected chi connectivity index (χ1v) is 11.4. The van der Waals surface area contributed by atoms with E-state index in [2.05, 4.69) is 5.32 Å². The van der Waals surface area contributed by atoms with Crippen LogP contribution in [-0.4, -0.2) is 10.5 Å². The molecule has 6 heteroatoms. The fraction of sp³-hybridized carbons (Fsp3) is 0.0357. The van der Waals surface area contributed by atoms with Crippen LogP contribution in [0, 0.1) is 18.3 Å². The first kappa shape index (κ1) is 22.7. The number of hydrogen-bond donors (Lipinski definition) is 1. The highest BCUT2D eigenvalue weighted by molar-refractivity contribution is 7.07. The Morgan fingerprint density at radius 3 is 2.29 bits per heavy atom. The van der Waals surface area contributed by atoms with Gasteiger partial charge < -0.3 is 5.32 Å². The molecule has 0 bridgehead atoms. The van der Waals surface area contributed by atoms with Crippen molar-refractivity contribution in [2.45, 2.75) is 6.92 Å². The highest BCUT2D eigenvalue weighted by Gasteiger charge is 2.17. The lowest BCUT2D eigenvalue weighted by Crippen LogP contribution is -2.32. The molecule has 1 aromatic heterocycles. The molecule has 0 spiro atoms. The van der Waals surface area contributed by atoms with Gasteiger partial charge in [-0.05, 0) is 42.3 Å². The zero-order valence-corrected chi connectivity index (χ0v) is 19.3. The highest BCUT2D eigenvalue weighted by Crippen LogP contribution is 2.14. The van der Waals surface area contributed by atoms with E-state index in [9.17, 15) is 14.9 Å². The Morgan fingerprint density at radius 2 is 1.62 bits per heavy atom. The number of hydrogen-bond acceptors (Lipinski definition) is 4. The molecule has 34 heavy (non-hydrogen) atoms. The summed E-state index contributed by atoms with van der Waals surface area (Å²) in [5, 5.41) is 12.7. The average Bonchev–Trinajstić information content (AvgIpc) is 3.18. The highest BCUT2D eigenvalue weighted by atomic mass is 32.1. The smallest absolute Gasteiger partial charge is 0.273 e. The molecular formula is C28H21N3O2S. The molecule has 0 saturated heterocycles. The number of aryl methyl sites for hydroxylation is 1. The molecule has 0 fully saturated rings. The van der Waals surface area contributed by atoms with E-state index in [1.807, 2.05) is 73.7 Å². The van der Waals surface area contributed by atoms with Gasteiger partial charge in [-0.3, -0.25) is 14.2 Å². The molecule has 5 nitrogen and oxygen atoms in total. The first-order valence-electron chi connectivity index (χ1n) is 10.6. The predicted octanol–water partition coefficient (Wildman–Crippen LogP) is 4.01. The number of para-hydroxylation sites is 2. The number of nitrogens with zero attached hydrogens (tertiary/aromatic N) is 2. The van der Waals surface area contributed by atoms with Crippen LogP contribution in [0.5, 0.6) is 0 Å². The third-order valence-electron chi connectivity index (χ3n) is 5.12. The van der Waals surface area contributed by atoms with Crippen LogP contribution in [0.3, 0.4) is 0 Å². The lowest BCUT2D eigenvalue weighted by molar-refractivity contribution is -0.111. The molecule has 1 N–H and O–H groups in total. The maximum absolute atomic E-state index is 13.3. The zero-order chi connectivity index (χ0) is 23.9. The first-order chi connectivity index (χ1) is 16.6. The molecule has 1 amide bonds. The Hall–Kier alpha value is -4.47. The van der Waals surface area contributed by atoms with E-state index in [1.54, 1.807) is 42.5 Å². The van der Waals surface area contributed by atoms with Crippen molar-refractivity contribution >= 4 is 40.7 Å². The molecule has 0 aliphatic heterocycles. The van der Waals surface area contributed by atoms with Crippen molar-refractivity contribution in [2.75, 3.05) is 5.32 Å². The second-order valence-corrected chi connectivity index (χ2v) is 8.47. The number of carbonyl (C=O) groups excluding carboxylic acids is 1. The van der Waals surface area contributed by atoms with E-state index >= 15 is 0 Å². The number of amides is 1. The molecule has 0 atom stereocenters. The van der Waals surface area contributed by atoms with Gasteiger partial charge in [0, 0.05) is 5.69 Å². The topological polar surface area (TPSA) is 74.9 Å². The lowest BCUT2D eigenvalue weighted by atomic mass is 10.2. The molecule has 0 radical (unpaired) electrons. The monoisotopic (exact) mass is 463 g/mol. The second-order valence-electron chi connectivity index (χ2n) is 7.44. The summed E-state index contributed by atoms with van der Waals surface area (Å²) in [5.41, 5.74) is 2.66. The summed E-state index contributed by atoms with van der Waals surface area (Å²) in [6.07, 6.45) is 5.39. The molecule has 1 heterocycles. The van der Waals surface area contributed by atoms with Crippen molar-refractivity contribution in [3.8, 4) is 11.8 Å². The van der Waals surface area contributed by atoms with Crippen molar-refractivity contribution < 1.29 is 4.79 Å². The van der Waals surface area contributed by atoms with Gasteiger partial charge in [0.05, 0.1) is 10.2 Å². The van der Waals surface area contributed by atoms with E-state index in [-0.39, 0.29) is 15.8 Å². The van der Waals surface area contributed by atoms with Crippen molar-refractivity contribution in [3.05, 3.63) is 122 Å². The summed E-state index contributed by atoms with van der Waals surface area (Å²) in [6.45, 7) is 1.87. The lowest BCUT2D eigenvalue weighted by Gasteiger charge is -2.08. The summed E-state index contributed by atoms with van der Waals surface area (Å²) in [7, 11) is 0. The van der Waals surface area contributed by atoms with Gasteiger partial charge in [-0.25, -0.2) is 0 Å². The fourth-order valence-electron chi connectivity index (χ4n) is 3.38. The van der Waals surface area contributed by atoms with E-state index in [0.29, 0.717) is 15.9 Å². The minimum Gasteiger partial charge on any atom is -0.321 e. The Balaban J connectivity index is 1.88. The second kappa shape index (κ2) is 10.4. The number of thiazole rings is 1. The van der Waals surface area contributed by atoms with E-state index in [4.69, 9.17) is 0 Å². The quantitative estimate of drug-likeness (QED) is 0.486. The van der Waals surface area contributed by atoms with Gasteiger partial charge in [0.15, 0.2) is 5.57 Å². The summed E-state index contributed by atoms with van der Waals surface area (Å²) in [4.78, 5) is 26.4. The van der Waals surface area contributed by atoms with Gasteiger partial charge in [0.25, 0.3) is 11.5 Å². The molecule has 4 aromatic rings. The molecule has 3 aromatic carbocycles. The van der Waals surface area contributed by atoms with Crippen LogP contribution in [0.2, 0.25) is 0 Å². The van der Waals surface area contributed by atoms with Crippen LogP contribution in [0.25, 0.3) is 23.4 Å². The summed E-state index contributed by atoms with van der Waals surface area (Å²) >= 11 is 1.12. The Morgan fingerprint density at radius 1 is 0.971 bits per heavy atom. The molecule has 0 aliphatic rings. The van der Waals surface area contributed by atoms with Gasteiger partial charge >= 0.3 is 0 Å². The third-order valence-corrected chi connectivity index (χ3v) is 6.23. The molecule has 4 rings (SSSR count). The number of carbonyl (C=O) groups is 1. The number of nitriles is 1. The van der Waals surface area contributed by atoms with Gasteiger partial charge in [-0.15, -0.1) is 11.3 Å². The van der Waals surface area contributed by atoms with Crippen LogP contribution >= 0.6 is 11.3 Å². The fourth-order valence-corrected chi connectivity index (χ4v) is 4.43. The number of rotatable bonds is 5. The van der Waals surface area contributed by atoms with Gasteiger partial charge in [0.2, 0.25) is 0 Å². The summed E-state index contributed by atoms with van der Waals surface area (Å²) in [6, 6.07) is 28.1. The van der Waals surface area contributed by atoms with Gasteiger partial charge in [-0.1, -0.05) is 78.9 Å². The Labute approximate surface area is 200 Å². The Kier molecular flexibility index (Phi) is 6.97. The van der Waals surface area contributed by atoms with Crippen molar-refractivity contribution in [1.29, 1.82) is 5.26 Å². The van der Waals surface area contributed by atoms with Crippen molar-refractivity contribution in [3.63, 3.8) is 0 Å². The van der Waals surface area contributed by atoms with Crippen LogP contribution in [0.4, 0.5) is 5.69 Å². The summed E-state index contributed by atoms with van der Waals surface area (Å²) < 4.78 is 2.12. The molecule has 0 saturated carbocycles. The maximum atomic E-state index is 13.3. The van der Waals surface area contributed by atoms with Gasteiger partial charge in [-0.2, -0.15) is 5.26 Å². The standard InChI is InChI=1S/C28H21N3O2S/c1-20-11-8-9-17-24(20)30-26(32)23(19-29)28-31(22-15-6-3-7-16-22)27(33)25(34-28)18-10-14-21-12-4-2-5-13-21/h2-18H,1H3,(H,30,32)/b14-10+,25-18+,28-23+. The minimum absolute atomic E-state index is 0.124. The van der Waals surface area contributed by atoms with E-state index in [1.165, 1.54) is 4.57 Å². The van der Waals surface area contributed by atoms with Crippen LogP contribution in [-0.2, 0) is 4.79 Å². The number of allylic oxidation sites excluding steroid dienone is 1. The third kappa shape index (κ3) is 4.96. The van der Waals surface area contributed by atoms with Crippen LogP contribution in [0.1, 0.15) is 11.1 Å². The minimum atomic E-state index is -0.561. The largest absolute Gasteiger partial charge is 0.321 e. The molecule has 0 aliphatic carbocycles. The van der Waals surface area contributed by atoms with Crippen LogP contribution in [0.15, 0.2) is 95.8 Å². The SMILES string of the molecule is Cc1ccccc1NC(=O)/C(C#N)=c1/s/c(=C/C=C/c2ccccc2)c(=O)n1-c1ccccc1. The molecule has 166 valence electrons. The van der Waals surface area contributed by atoms with Crippen molar-refractivity contribution in [1.82, 2.24) is 4.57 Å². The average molecular weight is 464 g/mol. The molecule has 0 unspecified atom stereocenters. The predicted molar refractivity (Wildman–Crippen MR) is 138 cm³/mol. The Bertz CT molecular complexity index is 1570. The number of nitrogens with one attached hydrogen (secondary N) is 1. The van der Waals surface area contributed by atoms with Crippen LogP contribution < -0.4 is 20.1 Å². The number of anilines is 1. The zero-order valence-electron chi connectivity index (χ0n) is 18.4. The van der Waals surface area contributed by atoms with Crippen molar-refractivity contribution in [2.24, 2.45) is 0 Å². The van der Waals surface area contributed by atoms with Gasteiger partial charge in [0.1, 0.15) is 10.7 Å². The maximum Gasteiger partial charge on any atom is 0.273 e. The van der Waals surface area contributed by atoms with E-state index in [0.717, 1.165) is 22.5 Å².